The third kappa shape index (κ3) is 2.13. The molecule has 1 aromatic rings. The standard InChI is InChI=1S/C15H20BrNO/c16-10-4-1-3-9(7-10)13(8-17)15(18)14-11-5-2-6-12(11)14/h1,3-4,7,11-15,18H,2,5-6,8,17H2. The molecule has 3 N–H and O–H groups in total. The minimum atomic E-state index is -0.264. The molecule has 2 saturated carbocycles. The smallest absolute Gasteiger partial charge is 0.0654 e. The summed E-state index contributed by atoms with van der Waals surface area (Å²) in [6.07, 6.45) is 3.70. The average molecular weight is 310 g/mol. The zero-order chi connectivity index (χ0) is 12.7. The molecule has 0 saturated heterocycles. The molecule has 0 bridgehead atoms. The lowest BCUT2D eigenvalue weighted by Crippen LogP contribution is -2.29. The first-order chi connectivity index (χ1) is 8.72. The maximum atomic E-state index is 10.6. The van der Waals surface area contributed by atoms with E-state index in [0.717, 1.165) is 21.9 Å². The van der Waals surface area contributed by atoms with Crippen molar-refractivity contribution in [3.8, 4) is 0 Å². The summed E-state index contributed by atoms with van der Waals surface area (Å²) < 4.78 is 1.06. The largest absolute Gasteiger partial charge is 0.392 e. The fourth-order valence-corrected chi connectivity index (χ4v) is 4.28. The molecule has 4 atom stereocenters. The Morgan fingerprint density at radius 1 is 1.33 bits per heavy atom. The van der Waals surface area contributed by atoms with Gasteiger partial charge in [0.15, 0.2) is 0 Å². The van der Waals surface area contributed by atoms with Crippen LogP contribution in [0, 0.1) is 17.8 Å². The lowest BCUT2D eigenvalue weighted by Gasteiger charge is -2.23. The second kappa shape index (κ2) is 4.95. The Morgan fingerprint density at radius 3 is 2.67 bits per heavy atom. The molecule has 2 fully saturated rings. The molecule has 98 valence electrons. The second-order valence-corrected chi connectivity index (χ2v) is 6.64. The van der Waals surface area contributed by atoms with Crippen LogP contribution < -0.4 is 5.73 Å². The van der Waals surface area contributed by atoms with E-state index >= 15 is 0 Å². The molecule has 0 spiro atoms. The summed E-state index contributed by atoms with van der Waals surface area (Å²) in [4.78, 5) is 0. The summed E-state index contributed by atoms with van der Waals surface area (Å²) in [6, 6.07) is 8.18. The Labute approximate surface area is 117 Å². The second-order valence-electron chi connectivity index (χ2n) is 5.72. The SMILES string of the molecule is NCC(c1cccc(Br)c1)C(O)C1C2CCCC21. The summed E-state index contributed by atoms with van der Waals surface area (Å²) in [5.41, 5.74) is 7.05. The summed E-state index contributed by atoms with van der Waals surface area (Å²) in [5.74, 6) is 2.15. The Balaban J connectivity index is 1.76. The van der Waals surface area contributed by atoms with Gasteiger partial charge in [0.2, 0.25) is 0 Å². The van der Waals surface area contributed by atoms with E-state index in [9.17, 15) is 5.11 Å². The van der Waals surface area contributed by atoms with Crippen LogP contribution in [-0.2, 0) is 0 Å². The lowest BCUT2D eigenvalue weighted by atomic mass is 9.88. The van der Waals surface area contributed by atoms with Gasteiger partial charge in [-0.05, 0) is 48.3 Å². The molecule has 3 rings (SSSR count). The van der Waals surface area contributed by atoms with E-state index in [1.54, 1.807) is 0 Å². The molecule has 3 heteroatoms. The lowest BCUT2D eigenvalue weighted by molar-refractivity contribution is 0.108. The highest BCUT2D eigenvalue weighted by atomic mass is 79.9. The van der Waals surface area contributed by atoms with Crippen molar-refractivity contribution in [2.45, 2.75) is 31.3 Å². The highest BCUT2D eigenvalue weighted by Gasteiger charge is 2.56. The van der Waals surface area contributed by atoms with Crippen molar-refractivity contribution in [3.05, 3.63) is 34.3 Å². The van der Waals surface area contributed by atoms with Crippen molar-refractivity contribution >= 4 is 15.9 Å². The van der Waals surface area contributed by atoms with Gasteiger partial charge in [-0.25, -0.2) is 0 Å². The molecular formula is C15H20BrNO. The summed E-state index contributed by atoms with van der Waals surface area (Å²) in [7, 11) is 0. The Kier molecular flexibility index (Phi) is 3.48. The van der Waals surface area contributed by atoms with E-state index in [-0.39, 0.29) is 12.0 Å². The summed E-state index contributed by atoms with van der Waals surface area (Å²) in [5, 5.41) is 10.6. The maximum Gasteiger partial charge on any atom is 0.0654 e. The van der Waals surface area contributed by atoms with Gasteiger partial charge in [-0.15, -0.1) is 0 Å². The zero-order valence-corrected chi connectivity index (χ0v) is 12.0. The van der Waals surface area contributed by atoms with Crippen LogP contribution in [0.1, 0.15) is 30.7 Å². The monoisotopic (exact) mass is 309 g/mol. The van der Waals surface area contributed by atoms with Crippen molar-refractivity contribution in [1.29, 1.82) is 0 Å². The molecule has 0 heterocycles. The van der Waals surface area contributed by atoms with Crippen LogP contribution >= 0.6 is 15.9 Å². The molecule has 1 aromatic carbocycles. The third-order valence-corrected chi connectivity index (χ3v) is 5.30. The van der Waals surface area contributed by atoms with Gasteiger partial charge < -0.3 is 10.8 Å². The van der Waals surface area contributed by atoms with Crippen LogP contribution in [0.15, 0.2) is 28.7 Å². The van der Waals surface area contributed by atoms with Gasteiger partial charge in [0.25, 0.3) is 0 Å². The number of halogens is 1. The van der Waals surface area contributed by atoms with Crippen LogP contribution in [-0.4, -0.2) is 17.8 Å². The predicted molar refractivity (Wildman–Crippen MR) is 76.3 cm³/mol. The molecule has 2 aliphatic rings. The van der Waals surface area contributed by atoms with Crippen molar-refractivity contribution in [2.75, 3.05) is 6.54 Å². The van der Waals surface area contributed by atoms with Gasteiger partial charge in [0.05, 0.1) is 6.10 Å². The van der Waals surface area contributed by atoms with Gasteiger partial charge in [0, 0.05) is 16.9 Å². The molecule has 2 nitrogen and oxygen atoms in total. The Morgan fingerprint density at radius 2 is 2.06 bits per heavy atom. The fraction of sp³-hybridized carbons (Fsp3) is 0.600. The van der Waals surface area contributed by atoms with Crippen LogP contribution in [0.25, 0.3) is 0 Å². The maximum absolute atomic E-state index is 10.6. The zero-order valence-electron chi connectivity index (χ0n) is 10.4. The highest BCUT2D eigenvalue weighted by Crippen LogP contribution is 2.60. The van der Waals surface area contributed by atoms with E-state index < -0.39 is 0 Å². The Bertz CT molecular complexity index is 426. The first kappa shape index (κ1) is 12.6. The van der Waals surface area contributed by atoms with Crippen molar-refractivity contribution in [3.63, 3.8) is 0 Å². The minimum absolute atomic E-state index is 0.0816. The number of benzene rings is 1. The highest BCUT2D eigenvalue weighted by molar-refractivity contribution is 9.10. The van der Waals surface area contributed by atoms with Crippen molar-refractivity contribution in [1.82, 2.24) is 0 Å². The molecule has 0 aromatic heterocycles. The van der Waals surface area contributed by atoms with Gasteiger partial charge in [-0.3, -0.25) is 0 Å². The molecule has 18 heavy (non-hydrogen) atoms. The van der Waals surface area contributed by atoms with E-state index in [1.807, 2.05) is 12.1 Å². The van der Waals surface area contributed by atoms with Crippen molar-refractivity contribution in [2.24, 2.45) is 23.5 Å². The van der Waals surface area contributed by atoms with Gasteiger partial charge in [0.1, 0.15) is 0 Å². The van der Waals surface area contributed by atoms with Gasteiger partial charge >= 0.3 is 0 Å². The van der Waals surface area contributed by atoms with E-state index in [1.165, 1.54) is 19.3 Å². The third-order valence-electron chi connectivity index (χ3n) is 4.81. The number of hydrogen-bond donors (Lipinski definition) is 2. The number of hydrogen-bond acceptors (Lipinski definition) is 2. The molecular weight excluding hydrogens is 290 g/mol. The van der Waals surface area contributed by atoms with E-state index in [4.69, 9.17) is 5.73 Å². The van der Waals surface area contributed by atoms with Crippen LogP contribution in [0.2, 0.25) is 0 Å². The van der Waals surface area contributed by atoms with Gasteiger partial charge in [-0.1, -0.05) is 34.5 Å². The topological polar surface area (TPSA) is 46.2 Å². The van der Waals surface area contributed by atoms with Crippen molar-refractivity contribution < 1.29 is 5.11 Å². The number of nitrogens with two attached hydrogens (primary N) is 1. The molecule has 2 aliphatic carbocycles. The summed E-state index contributed by atoms with van der Waals surface area (Å²) in [6.45, 7) is 0.521. The molecule has 0 aliphatic heterocycles. The normalized spacial score (nSPS) is 32.9. The van der Waals surface area contributed by atoms with E-state index in [0.29, 0.717) is 12.5 Å². The number of aliphatic hydroxyl groups is 1. The first-order valence-electron chi connectivity index (χ1n) is 6.86. The fourth-order valence-electron chi connectivity index (χ4n) is 3.86. The van der Waals surface area contributed by atoms with Gasteiger partial charge in [-0.2, -0.15) is 0 Å². The minimum Gasteiger partial charge on any atom is -0.392 e. The molecule has 4 unspecified atom stereocenters. The quantitative estimate of drug-likeness (QED) is 0.898. The van der Waals surface area contributed by atoms with E-state index in [2.05, 4.69) is 28.1 Å². The van der Waals surface area contributed by atoms with Crippen LogP contribution in [0.4, 0.5) is 0 Å². The number of rotatable bonds is 4. The molecule has 0 amide bonds. The van der Waals surface area contributed by atoms with Crippen LogP contribution in [0.5, 0.6) is 0 Å². The average Bonchev–Trinajstić information content (AvgIpc) is 2.84. The summed E-state index contributed by atoms with van der Waals surface area (Å²) >= 11 is 3.49. The number of fused-ring (bicyclic) bond motifs is 1. The Hall–Kier alpha value is -0.380. The molecule has 0 radical (unpaired) electrons. The first-order valence-corrected chi connectivity index (χ1v) is 7.65. The number of aliphatic hydroxyl groups excluding tert-OH is 1. The predicted octanol–water partition coefficient (Wildman–Crippen LogP) is 2.90. The van der Waals surface area contributed by atoms with Crippen LogP contribution in [0.3, 0.4) is 0 Å².